The normalized spacial score (nSPS) is 11.3. The molecule has 19 heavy (non-hydrogen) atoms. The molecule has 0 saturated carbocycles. The number of nitrogens with two attached hydrogens (primary N) is 1. The van der Waals surface area contributed by atoms with Crippen molar-refractivity contribution in [3.63, 3.8) is 0 Å². The highest BCUT2D eigenvalue weighted by Crippen LogP contribution is 2.25. The number of hydrogen-bond donors (Lipinski definition) is 2. The number of sulfonamides is 1. The number of aryl methyl sites for hydroxylation is 1. The van der Waals surface area contributed by atoms with Crippen molar-refractivity contribution in [1.29, 1.82) is 0 Å². The maximum Gasteiger partial charge on any atom is 0.262 e. The summed E-state index contributed by atoms with van der Waals surface area (Å²) in [6.07, 6.45) is 0. The van der Waals surface area contributed by atoms with Crippen LogP contribution in [-0.4, -0.2) is 8.42 Å². The molecule has 100 valence electrons. The Morgan fingerprint density at radius 1 is 1.16 bits per heavy atom. The second kappa shape index (κ2) is 5.11. The molecule has 2 aromatic rings. The van der Waals surface area contributed by atoms with Gasteiger partial charge in [0.1, 0.15) is 0 Å². The number of nitrogens with one attached hydrogen (secondary N) is 1. The minimum Gasteiger partial charge on any atom is -0.399 e. The maximum atomic E-state index is 12.2. The molecular formula is C13H13ClN2O2S. The monoisotopic (exact) mass is 296 g/mol. The van der Waals surface area contributed by atoms with Gasteiger partial charge in [-0.3, -0.25) is 4.72 Å². The Hall–Kier alpha value is -1.72. The molecule has 3 N–H and O–H groups in total. The molecule has 2 aromatic carbocycles. The molecule has 2 rings (SSSR count). The van der Waals surface area contributed by atoms with Crippen LogP contribution in [0.2, 0.25) is 5.02 Å². The van der Waals surface area contributed by atoms with Crippen molar-refractivity contribution >= 4 is 33.0 Å². The van der Waals surface area contributed by atoms with E-state index in [0.717, 1.165) is 5.56 Å². The van der Waals surface area contributed by atoms with Gasteiger partial charge < -0.3 is 5.73 Å². The van der Waals surface area contributed by atoms with Gasteiger partial charge in [0.15, 0.2) is 0 Å². The molecule has 0 heterocycles. The van der Waals surface area contributed by atoms with Crippen LogP contribution in [-0.2, 0) is 10.0 Å². The van der Waals surface area contributed by atoms with Gasteiger partial charge in [-0.05, 0) is 42.8 Å². The van der Waals surface area contributed by atoms with E-state index in [4.69, 9.17) is 17.3 Å². The molecule has 0 aliphatic carbocycles. The molecule has 0 fully saturated rings. The van der Waals surface area contributed by atoms with Crippen LogP contribution in [0.1, 0.15) is 5.56 Å². The van der Waals surface area contributed by atoms with Gasteiger partial charge in [0.25, 0.3) is 10.0 Å². The minimum absolute atomic E-state index is 0.101. The standard InChI is InChI=1S/C13H13ClN2O2S/c1-9-5-6-13(12(14)7-9)16-19(17,18)11-4-2-3-10(15)8-11/h2-8,16H,15H2,1H3. The van der Waals surface area contributed by atoms with Gasteiger partial charge in [-0.1, -0.05) is 23.7 Å². The zero-order chi connectivity index (χ0) is 14.0. The Kier molecular flexibility index (Phi) is 3.68. The smallest absolute Gasteiger partial charge is 0.262 e. The zero-order valence-electron chi connectivity index (χ0n) is 10.2. The molecule has 0 aliphatic heterocycles. The van der Waals surface area contributed by atoms with Crippen LogP contribution in [0.25, 0.3) is 0 Å². The number of hydrogen-bond acceptors (Lipinski definition) is 3. The lowest BCUT2D eigenvalue weighted by Gasteiger charge is -2.10. The average molecular weight is 297 g/mol. The second-order valence-electron chi connectivity index (χ2n) is 4.16. The molecule has 0 spiro atoms. The number of anilines is 2. The Labute approximate surface area is 117 Å². The maximum absolute atomic E-state index is 12.2. The first-order valence-corrected chi connectivity index (χ1v) is 7.39. The summed E-state index contributed by atoms with van der Waals surface area (Å²) in [5, 5.41) is 0.354. The second-order valence-corrected chi connectivity index (χ2v) is 6.25. The van der Waals surface area contributed by atoms with Crippen LogP contribution in [0, 0.1) is 6.92 Å². The van der Waals surface area contributed by atoms with Crippen molar-refractivity contribution in [3.8, 4) is 0 Å². The van der Waals surface area contributed by atoms with Crippen LogP contribution in [0.4, 0.5) is 11.4 Å². The largest absolute Gasteiger partial charge is 0.399 e. The van der Waals surface area contributed by atoms with E-state index in [1.165, 1.54) is 12.1 Å². The van der Waals surface area contributed by atoms with E-state index in [-0.39, 0.29) is 4.90 Å². The Bertz CT molecular complexity index is 714. The first kappa shape index (κ1) is 13.7. The van der Waals surface area contributed by atoms with E-state index in [1.54, 1.807) is 30.3 Å². The summed E-state index contributed by atoms with van der Waals surface area (Å²) in [6, 6.07) is 11.2. The third-order valence-corrected chi connectivity index (χ3v) is 4.21. The molecule has 0 atom stereocenters. The highest BCUT2D eigenvalue weighted by atomic mass is 35.5. The summed E-state index contributed by atoms with van der Waals surface area (Å²) in [6.45, 7) is 1.88. The molecule has 6 heteroatoms. The van der Waals surface area contributed by atoms with Crippen LogP contribution >= 0.6 is 11.6 Å². The minimum atomic E-state index is -3.69. The third-order valence-electron chi connectivity index (χ3n) is 2.54. The Balaban J connectivity index is 2.36. The van der Waals surface area contributed by atoms with Gasteiger partial charge in [-0.25, -0.2) is 8.42 Å². The molecular weight excluding hydrogens is 284 g/mol. The van der Waals surface area contributed by atoms with E-state index >= 15 is 0 Å². The summed E-state index contributed by atoms with van der Waals surface area (Å²) in [5.74, 6) is 0. The van der Waals surface area contributed by atoms with Crippen molar-refractivity contribution in [1.82, 2.24) is 0 Å². The van der Waals surface area contributed by atoms with Crippen molar-refractivity contribution in [3.05, 3.63) is 53.1 Å². The van der Waals surface area contributed by atoms with E-state index in [0.29, 0.717) is 16.4 Å². The quantitative estimate of drug-likeness (QED) is 0.855. The molecule has 4 nitrogen and oxygen atoms in total. The fourth-order valence-corrected chi connectivity index (χ4v) is 3.06. The predicted molar refractivity (Wildman–Crippen MR) is 77.9 cm³/mol. The zero-order valence-corrected chi connectivity index (χ0v) is 11.8. The Morgan fingerprint density at radius 3 is 2.53 bits per heavy atom. The molecule has 0 unspecified atom stereocenters. The van der Waals surface area contributed by atoms with Crippen molar-refractivity contribution in [2.24, 2.45) is 0 Å². The SMILES string of the molecule is Cc1ccc(NS(=O)(=O)c2cccc(N)c2)c(Cl)c1. The first-order chi connectivity index (χ1) is 8.88. The van der Waals surface area contributed by atoms with E-state index in [1.807, 2.05) is 6.92 Å². The highest BCUT2D eigenvalue weighted by Gasteiger charge is 2.15. The predicted octanol–water partition coefficient (Wildman–Crippen LogP) is 3.03. The van der Waals surface area contributed by atoms with Gasteiger partial charge in [0.2, 0.25) is 0 Å². The lowest BCUT2D eigenvalue weighted by atomic mass is 10.2. The summed E-state index contributed by atoms with van der Waals surface area (Å²) in [4.78, 5) is 0.101. The van der Waals surface area contributed by atoms with Crippen LogP contribution < -0.4 is 10.5 Å². The number of halogens is 1. The highest BCUT2D eigenvalue weighted by molar-refractivity contribution is 7.92. The van der Waals surface area contributed by atoms with Crippen molar-refractivity contribution in [2.75, 3.05) is 10.5 Å². The topological polar surface area (TPSA) is 72.2 Å². The molecule has 0 aliphatic rings. The van der Waals surface area contributed by atoms with Gasteiger partial charge in [-0.2, -0.15) is 0 Å². The molecule has 0 saturated heterocycles. The molecule has 0 radical (unpaired) electrons. The van der Waals surface area contributed by atoms with E-state index < -0.39 is 10.0 Å². The van der Waals surface area contributed by atoms with Crippen LogP contribution in [0.5, 0.6) is 0 Å². The summed E-state index contributed by atoms with van der Waals surface area (Å²) in [7, 11) is -3.69. The van der Waals surface area contributed by atoms with Gasteiger partial charge in [-0.15, -0.1) is 0 Å². The number of rotatable bonds is 3. The van der Waals surface area contributed by atoms with Crippen molar-refractivity contribution < 1.29 is 8.42 Å². The molecule has 0 amide bonds. The third kappa shape index (κ3) is 3.19. The molecule has 0 aromatic heterocycles. The average Bonchev–Trinajstić information content (AvgIpc) is 2.33. The Morgan fingerprint density at radius 2 is 1.89 bits per heavy atom. The van der Waals surface area contributed by atoms with Gasteiger partial charge >= 0.3 is 0 Å². The van der Waals surface area contributed by atoms with E-state index in [2.05, 4.69) is 4.72 Å². The van der Waals surface area contributed by atoms with Crippen LogP contribution in [0.3, 0.4) is 0 Å². The lowest BCUT2D eigenvalue weighted by Crippen LogP contribution is -2.13. The van der Waals surface area contributed by atoms with Gasteiger partial charge in [0.05, 0.1) is 15.6 Å². The first-order valence-electron chi connectivity index (χ1n) is 5.53. The van der Waals surface area contributed by atoms with Gasteiger partial charge in [0, 0.05) is 5.69 Å². The van der Waals surface area contributed by atoms with E-state index in [9.17, 15) is 8.42 Å². The number of nitrogen functional groups attached to an aromatic ring is 1. The fourth-order valence-electron chi connectivity index (χ4n) is 1.59. The molecule has 0 bridgehead atoms. The summed E-state index contributed by atoms with van der Waals surface area (Å²) in [5.41, 5.74) is 7.26. The summed E-state index contributed by atoms with van der Waals surface area (Å²) < 4.78 is 26.8. The lowest BCUT2D eigenvalue weighted by molar-refractivity contribution is 0.601. The van der Waals surface area contributed by atoms with Crippen molar-refractivity contribution in [2.45, 2.75) is 11.8 Å². The fraction of sp³-hybridized carbons (Fsp3) is 0.0769. The number of benzene rings is 2. The summed E-state index contributed by atoms with van der Waals surface area (Å²) >= 11 is 6.00. The van der Waals surface area contributed by atoms with Crippen LogP contribution in [0.15, 0.2) is 47.4 Å².